The molecule has 0 radical (unpaired) electrons. The maximum Gasteiger partial charge on any atom is 0.124 e. The fraction of sp³-hybridized carbons (Fsp3) is 0.529. The van der Waals surface area contributed by atoms with E-state index in [2.05, 4.69) is 11.8 Å². The van der Waals surface area contributed by atoms with Crippen molar-refractivity contribution in [3.8, 4) is 17.6 Å². The Morgan fingerprint density at radius 1 is 1.19 bits per heavy atom. The van der Waals surface area contributed by atoms with Crippen molar-refractivity contribution < 1.29 is 19.3 Å². The summed E-state index contributed by atoms with van der Waals surface area (Å²) in [6.07, 6.45) is 0. The van der Waals surface area contributed by atoms with Gasteiger partial charge in [-0.15, -0.1) is 0 Å². The zero-order valence-corrected chi connectivity index (χ0v) is 13.2. The second-order valence-electron chi connectivity index (χ2n) is 5.50. The number of aliphatic hydroxyl groups excluding tert-OH is 1. The quantitative estimate of drug-likeness (QED) is 0.646. The zero-order chi connectivity index (χ0) is 15.7. The summed E-state index contributed by atoms with van der Waals surface area (Å²) in [6, 6.07) is 5.62. The highest BCUT2D eigenvalue weighted by atomic mass is 16.5. The lowest BCUT2D eigenvalue weighted by Gasteiger charge is -2.19. The van der Waals surface area contributed by atoms with Crippen LogP contribution in [0.15, 0.2) is 18.2 Å². The van der Waals surface area contributed by atoms with Crippen molar-refractivity contribution in [2.45, 2.75) is 33.0 Å². The molecule has 4 heteroatoms. The van der Waals surface area contributed by atoms with Crippen molar-refractivity contribution in [3.63, 3.8) is 0 Å². The van der Waals surface area contributed by atoms with Crippen molar-refractivity contribution in [3.05, 3.63) is 29.3 Å². The molecule has 0 aliphatic rings. The molecule has 0 bridgehead atoms. The molecular weight excluding hydrogens is 268 g/mol. The van der Waals surface area contributed by atoms with Gasteiger partial charge in [-0.05, 0) is 39.0 Å². The van der Waals surface area contributed by atoms with Crippen molar-refractivity contribution in [2.75, 3.05) is 26.9 Å². The SMILES string of the molecule is COc1ccc(C#CCO)cc1COCCOC(C)(C)C. The first-order chi connectivity index (χ1) is 9.96. The number of methoxy groups -OCH3 is 1. The Hall–Kier alpha value is -1.54. The second kappa shape index (κ2) is 8.68. The maximum atomic E-state index is 8.73. The first kappa shape index (κ1) is 17.5. The van der Waals surface area contributed by atoms with Gasteiger partial charge in [0.1, 0.15) is 12.4 Å². The molecule has 0 aromatic heterocycles. The van der Waals surface area contributed by atoms with E-state index in [0.29, 0.717) is 19.8 Å². The van der Waals surface area contributed by atoms with Crippen LogP contribution in [0.5, 0.6) is 5.75 Å². The van der Waals surface area contributed by atoms with Gasteiger partial charge in [-0.25, -0.2) is 0 Å². The second-order valence-corrected chi connectivity index (χ2v) is 5.50. The number of benzene rings is 1. The minimum Gasteiger partial charge on any atom is -0.496 e. The maximum absolute atomic E-state index is 8.73. The van der Waals surface area contributed by atoms with Gasteiger partial charge in [0.15, 0.2) is 0 Å². The summed E-state index contributed by atoms with van der Waals surface area (Å²) < 4.78 is 16.5. The van der Waals surface area contributed by atoms with Crippen LogP contribution in [0.25, 0.3) is 0 Å². The molecule has 0 saturated heterocycles. The zero-order valence-electron chi connectivity index (χ0n) is 13.2. The lowest BCUT2D eigenvalue weighted by atomic mass is 10.1. The van der Waals surface area contributed by atoms with Crippen LogP contribution in [0.2, 0.25) is 0 Å². The average Bonchev–Trinajstić information content (AvgIpc) is 2.43. The third-order valence-corrected chi connectivity index (χ3v) is 2.61. The third kappa shape index (κ3) is 7.14. The van der Waals surface area contributed by atoms with Gasteiger partial charge in [-0.3, -0.25) is 0 Å². The number of hydrogen-bond donors (Lipinski definition) is 1. The number of ether oxygens (including phenoxy) is 3. The molecule has 0 aliphatic carbocycles. The molecule has 1 aromatic carbocycles. The molecule has 4 nitrogen and oxygen atoms in total. The molecule has 0 aliphatic heterocycles. The molecule has 0 spiro atoms. The minimum absolute atomic E-state index is 0.151. The smallest absolute Gasteiger partial charge is 0.124 e. The lowest BCUT2D eigenvalue weighted by molar-refractivity contribution is -0.0378. The van der Waals surface area contributed by atoms with Gasteiger partial charge in [0, 0.05) is 11.1 Å². The fourth-order valence-electron chi connectivity index (χ4n) is 1.70. The first-order valence-electron chi connectivity index (χ1n) is 6.94. The summed E-state index contributed by atoms with van der Waals surface area (Å²) >= 11 is 0. The predicted molar refractivity (Wildman–Crippen MR) is 82.3 cm³/mol. The van der Waals surface area contributed by atoms with Crippen LogP contribution < -0.4 is 4.74 Å². The molecule has 1 aromatic rings. The standard InChI is InChI=1S/C17H24O4/c1-17(2,3)21-11-10-20-13-15-12-14(6-5-9-18)7-8-16(15)19-4/h7-8,12,18H,9-11,13H2,1-4H3. The Bertz CT molecular complexity index is 492. The van der Waals surface area contributed by atoms with Crippen LogP contribution in [0, 0.1) is 11.8 Å². The molecule has 0 heterocycles. The summed E-state index contributed by atoms with van der Waals surface area (Å²) in [5.41, 5.74) is 1.60. The van der Waals surface area contributed by atoms with E-state index < -0.39 is 0 Å². The van der Waals surface area contributed by atoms with Crippen molar-refractivity contribution in [1.29, 1.82) is 0 Å². The lowest BCUT2D eigenvalue weighted by Crippen LogP contribution is -2.21. The Balaban J connectivity index is 2.56. The Kier molecular flexibility index (Phi) is 7.24. The van der Waals surface area contributed by atoms with E-state index in [1.165, 1.54) is 0 Å². The van der Waals surface area contributed by atoms with Gasteiger partial charge in [0.25, 0.3) is 0 Å². The van der Waals surface area contributed by atoms with E-state index in [0.717, 1.165) is 16.9 Å². The van der Waals surface area contributed by atoms with Gasteiger partial charge >= 0.3 is 0 Å². The predicted octanol–water partition coefficient (Wildman–Crippen LogP) is 2.37. The van der Waals surface area contributed by atoms with Crippen LogP contribution >= 0.6 is 0 Å². The van der Waals surface area contributed by atoms with Gasteiger partial charge in [-0.1, -0.05) is 11.8 Å². The largest absolute Gasteiger partial charge is 0.496 e. The number of aliphatic hydroxyl groups is 1. The van der Waals surface area contributed by atoms with E-state index >= 15 is 0 Å². The van der Waals surface area contributed by atoms with E-state index in [9.17, 15) is 0 Å². The monoisotopic (exact) mass is 292 g/mol. The van der Waals surface area contributed by atoms with Gasteiger partial charge in [0.05, 0.1) is 32.5 Å². The summed E-state index contributed by atoms with van der Waals surface area (Å²) in [5, 5.41) is 8.73. The molecular formula is C17H24O4. The molecule has 0 unspecified atom stereocenters. The van der Waals surface area contributed by atoms with Gasteiger partial charge in [-0.2, -0.15) is 0 Å². The van der Waals surface area contributed by atoms with Gasteiger partial charge < -0.3 is 19.3 Å². The van der Waals surface area contributed by atoms with Crippen molar-refractivity contribution in [2.24, 2.45) is 0 Å². The molecule has 116 valence electrons. The highest BCUT2D eigenvalue weighted by molar-refractivity contribution is 5.44. The molecule has 1 N–H and O–H groups in total. The average molecular weight is 292 g/mol. The Morgan fingerprint density at radius 2 is 1.95 bits per heavy atom. The molecule has 0 fully saturated rings. The number of rotatable bonds is 6. The normalized spacial score (nSPS) is 10.9. The Morgan fingerprint density at radius 3 is 2.57 bits per heavy atom. The fourth-order valence-corrected chi connectivity index (χ4v) is 1.70. The van der Waals surface area contributed by atoms with Crippen LogP contribution in [0.4, 0.5) is 0 Å². The first-order valence-corrected chi connectivity index (χ1v) is 6.94. The Labute approximate surface area is 127 Å². The van der Waals surface area contributed by atoms with Gasteiger partial charge in [0.2, 0.25) is 0 Å². The highest BCUT2D eigenvalue weighted by Crippen LogP contribution is 2.20. The van der Waals surface area contributed by atoms with Crippen LogP contribution in [0.1, 0.15) is 31.9 Å². The summed E-state index contributed by atoms with van der Waals surface area (Å²) in [5.74, 6) is 6.26. The topological polar surface area (TPSA) is 47.9 Å². The molecule has 21 heavy (non-hydrogen) atoms. The van der Waals surface area contributed by atoms with E-state index in [4.69, 9.17) is 19.3 Å². The van der Waals surface area contributed by atoms with E-state index in [1.54, 1.807) is 7.11 Å². The molecule has 0 amide bonds. The van der Waals surface area contributed by atoms with Crippen LogP contribution in [-0.2, 0) is 16.1 Å². The van der Waals surface area contributed by atoms with Crippen LogP contribution in [-0.4, -0.2) is 37.6 Å². The summed E-state index contributed by atoms with van der Waals surface area (Å²) in [4.78, 5) is 0. The van der Waals surface area contributed by atoms with Crippen LogP contribution in [0.3, 0.4) is 0 Å². The third-order valence-electron chi connectivity index (χ3n) is 2.61. The summed E-state index contributed by atoms with van der Waals surface area (Å²) in [7, 11) is 1.63. The summed E-state index contributed by atoms with van der Waals surface area (Å²) in [6.45, 7) is 7.40. The van der Waals surface area contributed by atoms with Crippen molar-refractivity contribution in [1.82, 2.24) is 0 Å². The van der Waals surface area contributed by atoms with E-state index in [-0.39, 0.29) is 12.2 Å². The molecule has 0 atom stereocenters. The number of hydrogen-bond acceptors (Lipinski definition) is 4. The van der Waals surface area contributed by atoms with Crippen molar-refractivity contribution >= 4 is 0 Å². The minimum atomic E-state index is -0.152. The highest BCUT2D eigenvalue weighted by Gasteiger charge is 2.09. The van der Waals surface area contributed by atoms with E-state index in [1.807, 2.05) is 39.0 Å². The molecule has 0 saturated carbocycles. The molecule has 1 rings (SSSR count).